The molecule has 2 heterocycles. The molecule has 2 saturated heterocycles. The zero-order valence-electron chi connectivity index (χ0n) is 11.0. The lowest BCUT2D eigenvalue weighted by Gasteiger charge is -2.18. The molecule has 0 spiro atoms. The molecule has 3 rings (SSSR count). The van der Waals surface area contributed by atoms with Gasteiger partial charge in [-0.3, -0.25) is 4.79 Å². The zero-order chi connectivity index (χ0) is 14.3. The van der Waals surface area contributed by atoms with Gasteiger partial charge in [0.15, 0.2) is 0 Å². The van der Waals surface area contributed by atoms with Crippen molar-refractivity contribution in [3.8, 4) is 0 Å². The number of aryl methyl sites for hydroxylation is 1. The van der Waals surface area contributed by atoms with E-state index in [0.717, 1.165) is 5.56 Å². The van der Waals surface area contributed by atoms with Crippen LogP contribution in [0.15, 0.2) is 18.2 Å². The molecule has 0 saturated carbocycles. The van der Waals surface area contributed by atoms with E-state index in [4.69, 9.17) is 21.1 Å². The van der Waals surface area contributed by atoms with Crippen molar-refractivity contribution < 1.29 is 19.4 Å². The summed E-state index contributed by atoms with van der Waals surface area (Å²) in [6.45, 7) is 2.48. The number of hydrogen-bond acceptors (Lipinski definition) is 4. The lowest BCUT2D eigenvalue weighted by molar-refractivity contribution is 0.0178. The van der Waals surface area contributed by atoms with Crippen molar-refractivity contribution in [2.45, 2.75) is 31.3 Å². The van der Waals surface area contributed by atoms with E-state index in [-0.39, 0.29) is 30.8 Å². The Labute approximate surface area is 121 Å². The number of aliphatic hydroxyl groups is 1. The number of carbonyl (C=O) groups excluding carboxylic acids is 1. The van der Waals surface area contributed by atoms with Gasteiger partial charge in [0.2, 0.25) is 0 Å². The Morgan fingerprint density at radius 1 is 1.35 bits per heavy atom. The van der Waals surface area contributed by atoms with Gasteiger partial charge in [0.1, 0.15) is 18.3 Å². The van der Waals surface area contributed by atoms with Crippen molar-refractivity contribution in [3.05, 3.63) is 34.3 Å². The molecule has 2 aliphatic heterocycles. The number of halogens is 1. The van der Waals surface area contributed by atoms with Crippen molar-refractivity contribution in [1.29, 1.82) is 0 Å². The third-order valence-corrected chi connectivity index (χ3v) is 4.04. The Balaban J connectivity index is 1.72. The molecule has 20 heavy (non-hydrogen) atoms. The highest BCUT2D eigenvalue weighted by atomic mass is 35.5. The Morgan fingerprint density at radius 2 is 2.10 bits per heavy atom. The number of benzene rings is 1. The maximum Gasteiger partial charge on any atom is 0.253 e. The van der Waals surface area contributed by atoms with Crippen LogP contribution in [0.3, 0.4) is 0 Å². The van der Waals surface area contributed by atoms with Crippen molar-refractivity contribution >= 4 is 17.5 Å². The maximum atomic E-state index is 12.3. The molecule has 0 aromatic heterocycles. The SMILES string of the molecule is Cc1ccc(Cl)c(C(=O)N[C@H]2CO[C@H]3[C@@H]2OC[C@H]3O)c1. The fraction of sp³-hybridized carbons (Fsp3) is 0.500. The predicted molar refractivity (Wildman–Crippen MR) is 72.9 cm³/mol. The number of carbonyl (C=O) groups is 1. The van der Waals surface area contributed by atoms with Crippen LogP contribution in [0.2, 0.25) is 5.02 Å². The highest BCUT2D eigenvalue weighted by molar-refractivity contribution is 6.33. The van der Waals surface area contributed by atoms with Crippen LogP contribution in [0.5, 0.6) is 0 Å². The average molecular weight is 298 g/mol. The maximum absolute atomic E-state index is 12.3. The molecular weight excluding hydrogens is 282 g/mol. The van der Waals surface area contributed by atoms with Gasteiger partial charge in [-0.05, 0) is 19.1 Å². The quantitative estimate of drug-likeness (QED) is 0.851. The molecule has 4 atom stereocenters. The lowest BCUT2D eigenvalue weighted by Crippen LogP contribution is -2.44. The molecule has 0 bridgehead atoms. The summed E-state index contributed by atoms with van der Waals surface area (Å²) < 4.78 is 10.9. The second-order valence-corrected chi connectivity index (χ2v) is 5.63. The molecule has 0 aliphatic carbocycles. The van der Waals surface area contributed by atoms with E-state index in [0.29, 0.717) is 17.2 Å². The largest absolute Gasteiger partial charge is 0.388 e. The fourth-order valence-electron chi connectivity index (χ4n) is 2.66. The molecule has 2 fully saturated rings. The molecule has 5 nitrogen and oxygen atoms in total. The normalized spacial score (nSPS) is 32.1. The number of amides is 1. The smallest absolute Gasteiger partial charge is 0.253 e. The minimum absolute atomic E-state index is 0.243. The second kappa shape index (κ2) is 5.33. The predicted octanol–water partition coefficient (Wildman–Crippen LogP) is 0.905. The van der Waals surface area contributed by atoms with Gasteiger partial charge in [-0.2, -0.15) is 0 Å². The Bertz CT molecular complexity index is 536. The summed E-state index contributed by atoms with van der Waals surface area (Å²) in [6.07, 6.45) is -1.27. The van der Waals surface area contributed by atoms with E-state index in [2.05, 4.69) is 5.32 Å². The van der Waals surface area contributed by atoms with E-state index in [1.54, 1.807) is 12.1 Å². The summed E-state index contributed by atoms with van der Waals surface area (Å²) >= 11 is 6.05. The van der Waals surface area contributed by atoms with Gasteiger partial charge in [-0.25, -0.2) is 0 Å². The number of fused-ring (bicyclic) bond motifs is 1. The Kier molecular flexibility index (Phi) is 3.69. The molecule has 6 heteroatoms. The highest BCUT2D eigenvalue weighted by Gasteiger charge is 2.47. The molecule has 108 valence electrons. The summed E-state index contributed by atoms with van der Waals surface area (Å²) in [5.74, 6) is -0.252. The summed E-state index contributed by atoms with van der Waals surface area (Å²) in [6, 6.07) is 5.04. The highest BCUT2D eigenvalue weighted by Crippen LogP contribution is 2.27. The molecule has 1 amide bonds. The van der Waals surface area contributed by atoms with Crippen molar-refractivity contribution in [1.82, 2.24) is 5.32 Å². The van der Waals surface area contributed by atoms with Gasteiger partial charge in [0.25, 0.3) is 5.91 Å². The van der Waals surface area contributed by atoms with Crippen LogP contribution in [0.25, 0.3) is 0 Å². The van der Waals surface area contributed by atoms with Crippen LogP contribution < -0.4 is 5.32 Å². The van der Waals surface area contributed by atoms with Gasteiger partial charge in [0.05, 0.1) is 29.8 Å². The average Bonchev–Trinajstić information content (AvgIpc) is 2.97. The van der Waals surface area contributed by atoms with E-state index in [9.17, 15) is 9.90 Å². The van der Waals surface area contributed by atoms with E-state index >= 15 is 0 Å². The summed E-state index contributed by atoms with van der Waals surface area (Å²) in [4.78, 5) is 12.3. The number of ether oxygens (including phenoxy) is 2. The van der Waals surface area contributed by atoms with Gasteiger partial charge < -0.3 is 19.9 Å². The number of hydrogen-bond donors (Lipinski definition) is 2. The third-order valence-electron chi connectivity index (χ3n) is 3.71. The first-order valence-electron chi connectivity index (χ1n) is 6.54. The van der Waals surface area contributed by atoms with Crippen molar-refractivity contribution in [2.24, 2.45) is 0 Å². The second-order valence-electron chi connectivity index (χ2n) is 5.23. The Hall–Kier alpha value is -1.14. The molecule has 1 aromatic carbocycles. The number of nitrogens with one attached hydrogen (secondary N) is 1. The minimum Gasteiger partial charge on any atom is -0.388 e. The molecule has 1 aromatic rings. The van der Waals surface area contributed by atoms with Gasteiger partial charge in [-0.1, -0.05) is 23.2 Å². The van der Waals surface area contributed by atoms with Crippen LogP contribution in [0, 0.1) is 6.92 Å². The zero-order valence-corrected chi connectivity index (χ0v) is 11.8. The first kappa shape index (κ1) is 13.8. The first-order chi connectivity index (χ1) is 9.56. The monoisotopic (exact) mass is 297 g/mol. The number of rotatable bonds is 2. The summed E-state index contributed by atoms with van der Waals surface area (Å²) in [5, 5.41) is 12.9. The van der Waals surface area contributed by atoms with Crippen LogP contribution in [-0.2, 0) is 9.47 Å². The van der Waals surface area contributed by atoms with Crippen LogP contribution in [0.1, 0.15) is 15.9 Å². The van der Waals surface area contributed by atoms with E-state index in [1.807, 2.05) is 13.0 Å². The van der Waals surface area contributed by atoms with Gasteiger partial charge >= 0.3 is 0 Å². The fourth-order valence-corrected chi connectivity index (χ4v) is 2.87. The van der Waals surface area contributed by atoms with Crippen molar-refractivity contribution in [3.63, 3.8) is 0 Å². The first-order valence-corrected chi connectivity index (χ1v) is 6.92. The topological polar surface area (TPSA) is 67.8 Å². The molecule has 2 N–H and O–H groups in total. The summed E-state index contributed by atoms with van der Waals surface area (Å²) in [5.41, 5.74) is 1.40. The van der Waals surface area contributed by atoms with Crippen LogP contribution in [-0.4, -0.2) is 48.6 Å². The Morgan fingerprint density at radius 3 is 2.90 bits per heavy atom. The molecular formula is C14H16ClNO4. The molecule has 2 aliphatic rings. The minimum atomic E-state index is -0.621. The van der Waals surface area contributed by atoms with Crippen LogP contribution >= 0.6 is 11.6 Å². The van der Waals surface area contributed by atoms with Crippen molar-refractivity contribution in [2.75, 3.05) is 13.2 Å². The molecule has 0 unspecified atom stereocenters. The van der Waals surface area contributed by atoms with Gasteiger partial charge in [0, 0.05) is 0 Å². The van der Waals surface area contributed by atoms with E-state index < -0.39 is 6.10 Å². The number of aliphatic hydroxyl groups excluding tert-OH is 1. The van der Waals surface area contributed by atoms with Gasteiger partial charge in [-0.15, -0.1) is 0 Å². The van der Waals surface area contributed by atoms with E-state index in [1.165, 1.54) is 0 Å². The van der Waals surface area contributed by atoms with Crippen LogP contribution in [0.4, 0.5) is 0 Å². The standard InChI is InChI=1S/C14H16ClNO4/c1-7-2-3-9(15)8(4-7)14(18)16-10-5-19-13-11(17)6-20-12(10)13/h2-4,10-13,17H,5-6H2,1H3,(H,16,18)/t10-,11+,12+,13+/m0/s1. The lowest BCUT2D eigenvalue weighted by atomic mass is 10.1. The molecule has 0 radical (unpaired) electrons. The summed E-state index contributed by atoms with van der Waals surface area (Å²) in [7, 11) is 0. The third kappa shape index (κ3) is 2.42.